The summed E-state index contributed by atoms with van der Waals surface area (Å²) < 4.78 is 10.1. The van der Waals surface area contributed by atoms with Crippen LogP contribution < -0.4 is 0 Å². The number of carboxylic acids is 1. The molecule has 0 aromatic rings. The van der Waals surface area contributed by atoms with Gasteiger partial charge in [-0.25, -0.2) is 9.59 Å². The summed E-state index contributed by atoms with van der Waals surface area (Å²) in [6.45, 7) is 6.93. The quantitative estimate of drug-likeness (QED) is 0.777. The number of carboxylic acid groups (broad SMARTS) is 1. The highest BCUT2D eigenvalue weighted by Gasteiger charge is 2.49. The number of rotatable bonds is 2. The van der Waals surface area contributed by atoms with Crippen molar-refractivity contribution >= 4 is 12.1 Å². The predicted octanol–water partition coefficient (Wildman–Crippen LogP) is 2.00. The van der Waals surface area contributed by atoms with E-state index in [9.17, 15) is 14.7 Å². The van der Waals surface area contributed by atoms with E-state index in [1.54, 1.807) is 20.8 Å². The molecular weight excluding hydrogens is 250 g/mol. The summed E-state index contributed by atoms with van der Waals surface area (Å²) >= 11 is 0. The lowest BCUT2D eigenvalue weighted by atomic mass is 9.98. The van der Waals surface area contributed by atoms with Crippen LogP contribution in [0.4, 0.5) is 4.79 Å². The van der Waals surface area contributed by atoms with Crippen LogP contribution in [-0.2, 0) is 14.3 Å². The van der Waals surface area contributed by atoms with Crippen molar-refractivity contribution < 1.29 is 24.2 Å². The lowest BCUT2D eigenvalue weighted by Gasteiger charge is -2.32. The molecule has 1 heterocycles. The number of ether oxygens (including phenoxy) is 2. The van der Waals surface area contributed by atoms with E-state index in [1.807, 2.05) is 0 Å². The van der Waals surface area contributed by atoms with Crippen LogP contribution in [0.3, 0.4) is 0 Å². The van der Waals surface area contributed by atoms with E-state index in [0.717, 1.165) is 5.57 Å². The number of carbonyl (C=O) groups excluding carboxylic acids is 1. The lowest BCUT2D eigenvalue weighted by molar-refractivity contribution is -0.148. The molecule has 1 N–H and O–H groups in total. The first kappa shape index (κ1) is 15.3. The largest absolute Gasteiger partial charge is 0.504 e. The Morgan fingerprint density at radius 3 is 2.42 bits per heavy atom. The van der Waals surface area contributed by atoms with Crippen molar-refractivity contribution in [2.45, 2.75) is 45.3 Å². The van der Waals surface area contributed by atoms with E-state index < -0.39 is 23.2 Å². The fourth-order valence-electron chi connectivity index (χ4n) is 1.99. The van der Waals surface area contributed by atoms with Crippen molar-refractivity contribution in [2.75, 3.05) is 13.7 Å². The van der Waals surface area contributed by atoms with Crippen LogP contribution in [0.1, 0.15) is 34.1 Å². The van der Waals surface area contributed by atoms with E-state index in [1.165, 1.54) is 25.2 Å². The number of hydrogen-bond acceptors (Lipinski definition) is 4. The van der Waals surface area contributed by atoms with Gasteiger partial charge in [-0.2, -0.15) is 0 Å². The summed E-state index contributed by atoms with van der Waals surface area (Å²) in [7, 11) is 1.49. The van der Waals surface area contributed by atoms with Crippen molar-refractivity contribution in [1.29, 1.82) is 0 Å². The van der Waals surface area contributed by atoms with Crippen molar-refractivity contribution in [3.05, 3.63) is 11.8 Å². The van der Waals surface area contributed by atoms with Crippen LogP contribution in [0.5, 0.6) is 0 Å². The molecule has 1 aliphatic rings. The van der Waals surface area contributed by atoms with Gasteiger partial charge >= 0.3 is 12.1 Å². The Morgan fingerprint density at radius 2 is 2.00 bits per heavy atom. The van der Waals surface area contributed by atoms with Gasteiger partial charge in [-0.3, -0.25) is 4.90 Å². The molecule has 1 saturated heterocycles. The smallest absolute Gasteiger partial charge is 0.411 e. The molecule has 0 aromatic heterocycles. The molecule has 1 atom stereocenters. The lowest BCUT2D eigenvalue weighted by Crippen LogP contribution is -2.52. The third-order valence-electron chi connectivity index (χ3n) is 2.89. The molecule has 0 radical (unpaired) electrons. The third-order valence-corrected chi connectivity index (χ3v) is 2.89. The molecule has 0 spiro atoms. The van der Waals surface area contributed by atoms with Gasteiger partial charge in [0.05, 0.1) is 13.4 Å². The number of hydrogen-bond donors (Lipinski definition) is 1. The molecule has 108 valence electrons. The van der Waals surface area contributed by atoms with Crippen molar-refractivity contribution in [2.24, 2.45) is 0 Å². The molecule has 0 aromatic carbocycles. The molecule has 0 saturated carbocycles. The van der Waals surface area contributed by atoms with Crippen LogP contribution in [0.25, 0.3) is 0 Å². The number of nitrogens with zero attached hydrogens (tertiary/aromatic N) is 1. The Balaban J connectivity index is 2.99. The summed E-state index contributed by atoms with van der Waals surface area (Å²) in [6, 6.07) is 0. The number of likely N-dealkylation sites (tertiary alicyclic amines) is 1. The maximum atomic E-state index is 12.1. The zero-order valence-electron chi connectivity index (χ0n) is 12.0. The number of carbonyl (C=O) groups is 2. The first-order valence-electron chi connectivity index (χ1n) is 6.05. The summed E-state index contributed by atoms with van der Waals surface area (Å²) in [4.78, 5) is 24.8. The summed E-state index contributed by atoms with van der Waals surface area (Å²) in [5, 5.41) is 9.36. The molecule has 6 heteroatoms. The van der Waals surface area contributed by atoms with Crippen molar-refractivity contribution in [1.82, 2.24) is 4.90 Å². The molecule has 1 unspecified atom stereocenters. The van der Waals surface area contributed by atoms with E-state index in [0.29, 0.717) is 0 Å². The van der Waals surface area contributed by atoms with Gasteiger partial charge in [0, 0.05) is 13.0 Å². The number of methoxy groups -OCH3 is 1. The first-order chi connectivity index (χ1) is 8.60. The maximum absolute atomic E-state index is 12.1. The second-order valence-electron chi connectivity index (χ2n) is 5.83. The van der Waals surface area contributed by atoms with Gasteiger partial charge in [0.1, 0.15) is 11.1 Å². The van der Waals surface area contributed by atoms with Crippen LogP contribution in [0.15, 0.2) is 11.8 Å². The summed E-state index contributed by atoms with van der Waals surface area (Å²) in [6.07, 6.45) is 1.08. The maximum Gasteiger partial charge on any atom is 0.411 e. The minimum Gasteiger partial charge on any atom is -0.504 e. The Labute approximate surface area is 113 Å². The molecule has 1 fully saturated rings. The first-order valence-corrected chi connectivity index (χ1v) is 6.05. The van der Waals surface area contributed by atoms with E-state index in [-0.39, 0.29) is 13.0 Å². The van der Waals surface area contributed by atoms with Gasteiger partial charge in [-0.05, 0) is 33.3 Å². The van der Waals surface area contributed by atoms with Crippen LogP contribution in [0.2, 0.25) is 0 Å². The molecule has 0 aliphatic carbocycles. The second kappa shape index (κ2) is 5.11. The standard InChI is InChI=1S/C13H21NO5/c1-12(2,3)19-11(17)14-7-9(8-18-5)6-13(14,4)10(15)16/h8H,6-7H2,1-5H3,(H,15,16). The second-order valence-corrected chi connectivity index (χ2v) is 5.83. The van der Waals surface area contributed by atoms with Gasteiger partial charge in [-0.15, -0.1) is 0 Å². The topological polar surface area (TPSA) is 76.1 Å². The Morgan fingerprint density at radius 1 is 1.42 bits per heavy atom. The molecule has 1 amide bonds. The van der Waals surface area contributed by atoms with Gasteiger partial charge < -0.3 is 14.6 Å². The zero-order chi connectivity index (χ0) is 14.8. The fourth-order valence-corrected chi connectivity index (χ4v) is 1.99. The SMILES string of the molecule is COC=C1CN(C(=O)OC(C)(C)C)C(C)(C(=O)O)C1. The highest BCUT2D eigenvalue weighted by Crippen LogP contribution is 2.34. The molecular formula is C13H21NO5. The zero-order valence-corrected chi connectivity index (χ0v) is 12.0. The van der Waals surface area contributed by atoms with Gasteiger partial charge in [0.25, 0.3) is 0 Å². The molecule has 1 rings (SSSR count). The Kier molecular flexibility index (Phi) is 4.12. The van der Waals surface area contributed by atoms with Gasteiger partial charge in [-0.1, -0.05) is 0 Å². The van der Waals surface area contributed by atoms with E-state index >= 15 is 0 Å². The minimum absolute atomic E-state index is 0.200. The van der Waals surface area contributed by atoms with Gasteiger partial charge in [0.15, 0.2) is 0 Å². The average molecular weight is 271 g/mol. The number of aliphatic carboxylic acids is 1. The van der Waals surface area contributed by atoms with Gasteiger partial charge in [0.2, 0.25) is 0 Å². The van der Waals surface area contributed by atoms with Crippen LogP contribution >= 0.6 is 0 Å². The molecule has 6 nitrogen and oxygen atoms in total. The van der Waals surface area contributed by atoms with E-state index in [2.05, 4.69) is 0 Å². The highest BCUT2D eigenvalue weighted by atomic mass is 16.6. The Bertz CT molecular complexity index is 410. The molecule has 0 bridgehead atoms. The number of amides is 1. The van der Waals surface area contributed by atoms with Crippen LogP contribution in [0, 0.1) is 0 Å². The average Bonchev–Trinajstić information content (AvgIpc) is 2.55. The Hall–Kier alpha value is -1.72. The van der Waals surface area contributed by atoms with Crippen LogP contribution in [-0.4, -0.2) is 46.9 Å². The normalized spacial score (nSPS) is 25.5. The molecule has 19 heavy (non-hydrogen) atoms. The summed E-state index contributed by atoms with van der Waals surface area (Å²) in [5.74, 6) is -1.06. The minimum atomic E-state index is -1.30. The van der Waals surface area contributed by atoms with Crippen molar-refractivity contribution in [3.8, 4) is 0 Å². The summed E-state index contributed by atoms with van der Waals surface area (Å²) in [5.41, 5.74) is -1.21. The monoisotopic (exact) mass is 271 g/mol. The predicted molar refractivity (Wildman–Crippen MR) is 68.7 cm³/mol. The van der Waals surface area contributed by atoms with E-state index in [4.69, 9.17) is 9.47 Å². The molecule has 1 aliphatic heterocycles. The highest BCUT2D eigenvalue weighted by molar-refractivity contribution is 5.86. The third kappa shape index (κ3) is 3.39. The van der Waals surface area contributed by atoms with Crippen molar-refractivity contribution in [3.63, 3.8) is 0 Å². The fraction of sp³-hybridized carbons (Fsp3) is 0.692.